The number of amides is 1. The Labute approximate surface area is 119 Å². The second-order valence-corrected chi connectivity index (χ2v) is 5.01. The fourth-order valence-corrected chi connectivity index (χ4v) is 2.27. The topological polar surface area (TPSA) is 38.3 Å². The molecule has 3 nitrogen and oxygen atoms in total. The van der Waals surface area contributed by atoms with Crippen LogP contribution >= 0.6 is 0 Å². The number of carbonyl (C=O) groups is 1. The van der Waals surface area contributed by atoms with Gasteiger partial charge in [0, 0.05) is 11.3 Å². The van der Waals surface area contributed by atoms with Crippen LogP contribution in [0, 0.1) is 20.8 Å². The van der Waals surface area contributed by atoms with Gasteiger partial charge in [0.15, 0.2) is 0 Å². The van der Waals surface area contributed by atoms with E-state index in [4.69, 9.17) is 4.74 Å². The van der Waals surface area contributed by atoms with Gasteiger partial charge in [-0.05, 0) is 67.8 Å². The van der Waals surface area contributed by atoms with Crippen molar-refractivity contribution in [1.29, 1.82) is 0 Å². The Bertz CT molecular complexity index is 627. The number of rotatable bonds is 3. The molecule has 0 aliphatic rings. The number of hydrogen-bond donors (Lipinski definition) is 1. The molecule has 2 aromatic rings. The van der Waals surface area contributed by atoms with E-state index < -0.39 is 0 Å². The molecule has 0 unspecified atom stereocenters. The standard InChI is InChI=1S/C17H19NO2/c1-11-7-12(2)9-15(8-11)18-17(19)14-5-6-16(20-4)13(3)10-14/h5-10H,1-4H3,(H,18,19). The minimum absolute atomic E-state index is 0.110. The Morgan fingerprint density at radius 2 is 1.65 bits per heavy atom. The summed E-state index contributed by atoms with van der Waals surface area (Å²) >= 11 is 0. The number of methoxy groups -OCH3 is 1. The van der Waals surface area contributed by atoms with Crippen LogP contribution in [0.25, 0.3) is 0 Å². The quantitative estimate of drug-likeness (QED) is 0.918. The summed E-state index contributed by atoms with van der Waals surface area (Å²) in [5.41, 5.74) is 4.65. The third-order valence-electron chi connectivity index (χ3n) is 3.14. The number of carbonyl (C=O) groups excluding carboxylic acids is 1. The second-order valence-electron chi connectivity index (χ2n) is 5.01. The number of ether oxygens (including phenoxy) is 1. The maximum Gasteiger partial charge on any atom is 0.255 e. The highest BCUT2D eigenvalue weighted by Gasteiger charge is 2.09. The molecular weight excluding hydrogens is 250 g/mol. The number of anilines is 1. The molecule has 0 bridgehead atoms. The van der Waals surface area contributed by atoms with Crippen molar-refractivity contribution in [1.82, 2.24) is 0 Å². The van der Waals surface area contributed by atoms with E-state index in [9.17, 15) is 4.79 Å². The molecule has 0 aromatic heterocycles. The zero-order valence-electron chi connectivity index (χ0n) is 12.3. The molecule has 0 saturated carbocycles. The summed E-state index contributed by atoms with van der Waals surface area (Å²) in [6.45, 7) is 5.95. The number of hydrogen-bond acceptors (Lipinski definition) is 2. The highest BCUT2D eigenvalue weighted by atomic mass is 16.5. The lowest BCUT2D eigenvalue weighted by Gasteiger charge is -2.09. The smallest absolute Gasteiger partial charge is 0.255 e. The minimum Gasteiger partial charge on any atom is -0.496 e. The van der Waals surface area contributed by atoms with Crippen molar-refractivity contribution >= 4 is 11.6 Å². The molecule has 2 aromatic carbocycles. The molecular formula is C17H19NO2. The van der Waals surface area contributed by atoms with E-state index in [2.05, 4.69) is 11.4 Å². The predicted octanol–water partition coefficient (Wildman–Crippen LogP) is 3.87. The summed E-state index contributed by atoms with van der Waals surface area (Å²) < 4.78 is 5.20. The van der Waals surface area contributed by atoms with E-state index in [1.807, 2.05) is 45.0 Å². The minimum atomic E-state index is -0.110. The number of nitrogens with one attached hydrogen (secondary N) is 1. The maximum absolute atomic E-state index is 12.2. The summed E-state index contributed by atoms with van der Waals surface area (Å²) in [7, 11) is 1.62. The van der Waals surface area contributed by atoms with Gasteiger partial charge in [-0.25, -0.2) is 0 Å². The maximum atomic E-state index is 12.2. The van der Waals surface area contributed by atoms with Crippen LogP contribution in [0.2, 0.25) is 0 Å². The van der Waals surface area contributed by atoms with E-state index in [-0.39, 0.29) is 5.91 Å². The van der Waals surface area contributed by atoms with Crippen LogP contribution in [-0.2, 0) is 0 Å². The Hall–Kier alpha value is -2.29. The first kappa shape index (κ1) is 14.1. The van der Waals surface area contributed by atoms with Crippen LogP contribution in [-0.4, -0.2) is 13.0 Å². The summed E-state index contributed by atoms with van der Waals surface area (Å²) in [5.74, 6) is 0.675. The normalized spacial score (nSPS) is 10.2. The summed E-state index contributed by atoms with van der Waals surface area (Å²) in [5, 5.41) is 2.92. The van der Waals surface area contributed by atoms with E-state index in [1.54, 1.807) is 13.2 Å². The van der Waals surface area contributed by atoms with E-state index in [0.29, 0.717) is 5.56 Å². The zero-order valence-corrected chi connectivity index (χ0v) is 12.3. The van der Waals surface area contributed by atoms with Crippen molar-refractivity contribution in [3.8, 4) is 5.75 Å². The summed E-state index contributed by atoms with van der Waals surface area (Å²) in [4.78, 5) is 12.2. The number of aryl methyl sites for hydroxylation is 3. The Morgan fingerprint density at radius 3 is 2.20 bits per heavy atom. The van der Waals surface area contributed by atoms with Crippen LogP contribution in [0.1, 0.15) is 27.0 Å². The molecule has 0 saturated heterocycles. The molecule has 0 radical (unpaired) electrons. The summed E-state index contributed by atoms with van der Waals surface area (Å²) in [6, 6.07) is 11.4. The third-order valence-corrected chi connectivity index (χ3v) is 3.14. The highest BCUT2D eigenvalue weighted by molar-refractivity contribution is 6.04. The second kappa shape index (κ2) is 5.78. The van der Waals surface area contributed by atoms with Crippen molar-refractivity contribution in [2.75, 3.05) is 12.4 Å². The van der Waals surface area contributed by atoms with Gasteiger partial charge in [-0.15, -0.1) is 0 Å². The van der Waals surface area contributed by atoms with E-state index in [0.717, 1.165) is 28.1 Å². The van der Waals surface area contributed by atoms with Gasteiger partial charge >= 0.3 is 0 Å². The lowest BCUT2D eigenvalue weighted by Crippen LogP contribution is -2.12. The average molecular weight is 269 g/mol. The molecule has 0 aliphatic carbocycles. The Morgan fingerprint density at radius 1 is 1.00 bits per heavy atom. The largest absolute Gasteiger partial charge is 0.496 e. The van der Waals surface area contributed by atoms with E-state index in [1.165, 1.54) is 0 Å². The van der Waals surface area contributed by atoms with Crippen LogP contribution in [0.15, 0.2) is 36.4 Å². The Balaban J connectivity index is 2.21. The van der Waals surface area contributed by atoms with Gasteiger partial charge in [-0.3, -0.25) is 4.79 Å². The van der Waals surface area contributed by atoms with Gasteiger partial charge < -0.3 is 10.1 Å². The fourth-order valence-electron chi connectivity index (χ4n) is 2.27. The molecule has 0 heterocycles. The van der Waals surface area contributed by atoms with Crippen molar-refractivity contribution < 1.29 is 9.53 Å². The van der Waals surface area contributed by atoms with Gasteiger partial charge in [0.2, 0.25) is 0 Å². The van der Waals surface area contributed by atoms with Crippen LogP contribution in [0.3, 0.4) is 0 Å². The molecule has 1 amide bonds. The fraction of sp³-hybridized carbons (Fsp3) is 0.235. The van der Waals surface area contributed by atoms with E-state index >= 15 is 0 Å². The molecule has 0 aliphatic heterocycles. The lowest BCUT2D eigenvalue weighted by molar-refractivity contribution is 0.102. The SMILES string of the molecule is COc1ccc(C(=O)Nc2cc(C)cc(C)c2)cc1C. The van der Waals surface area contributed by atoms with Gasteiger partial charge in [0.25, 0.3) is 5.91 Å². The first-order valence-electron chi connectivity index (χ1n) is 6.54. The van der Waals surface area contributed by atoms with Gasteiger partial charge in [-0.1, -0.05) is 6.07 Å². The zero-order chi connectivity index (χ0) is 14.7. The number of benzene rings is 2. The van der Waals surface area contributed by atoms with Crippen LogP contribution in [0.4, 0.5) is 5.69 Å². The molecule has 0 fully saturated rings. The molecule has 2 rings (SSSR count). The molecule has 0 spiro atoms. The molecule has 0 atom stereocenters. The van der Waals surface area contributed by atoms with Crippen LogP contribution in [0.5, 0.6) is 5.75 Å². The van der Waals surface area contributed by atoms with Crippen molar-refractivity contribution in [2.45, 2.75) is 20.8 Å². The molecule has 1 N–H and O–H groups in total. The molecule has 3 heteroatoms. The highest BCUT2D eigenvalue weighted by Crippen LogP contribution is 2.20. The first-order valence-corrected chi connectivity index (χ1v) is 6.54. The monoisotopic (exact) mass is 269 g/mol. The predicted molar refractivity (Wildman–Crippen MR) is 81.6 cm³/mol. The summed E-state index contributed by atoms with van der Waals surface area (Å²) in [6.07, 6.45) is 0. The molecule has 20 heavy (non-hydrogen) atoms. The van der Waals surface area contributed by atoms with Gasteiger partial charge in [-0.2, -0.15) is 0 Å². The third kappa shape index (κ3) is 3.18. The molecule has 104 valence electrons. The van der Waals surface area contributed by atoms with Crippen molar-refractivity contribution in [3.63, 3.8) is 0 Å². The van der Waals surface area contributed by atoms with Crippen molar-refractivity contribution in [3.05, 3.63) is 58.7 Å². The van der Waals surface area contributed by atoms with Gasteiger partial charge in [0.1, 0.15) is 5.75 Å². The first-order chi connectivity index (χ1) is 9.49. The van der Waals surface area contributed by atoms with Crippen LogP contribution < -0.4 is 10.1 Å². The van der Waals surface area contributed by atoms with Gasteiger partial charge in [0.05, 0.1) is 7.11 Å². The average Bonchev–Trinajstić information content (AvgIpc) is 2.37. The van der Waals surface area contributed by atoms with Crippen molar-refractivity contribution in [2.24, 2.45) is 0 Å². The Kier molecular flexibility index (Phi) is 4.08. The lowest BCUT2D eigenvalue weighted by atomic mass is 10.1.